The van der Waals surface area contributed by atoms with Crippen LogP contribution in [0.1, 0.15) is 101 Å². The van der Waals surface area contributed by atoms with Gasteiger partial charge in [-0.3, -0.25) is 9.79 Å². The fourth-order valence-corrected chi connectivity index (χ4v) is 7.38. The number of rotatable bonds is 11. The third-order valence-corrected chi connectivity index (χ3v) is 9.96. The molecule has 280 valence electrons. The molecule has 0 spiro atoms. The van der Waals surface area contributed by atoms with Crippen molar-refractivity contribution in [3.8, 4) is 34.1 Å². The number of aliphatic imine (C=N–C) groups is 1. The van der Waals surface area contributed by atoms with Crippen molar-refractivity contribution < 1.29 is 50.1 Å². The van der Waals surface area contributed by atoms with E-state index in [0.717, 1.165) is 6.21 Å². The number of aromatic hydroxyl groups is 4. The highest BCUT2D eigenvalue weighted by molar-refractivity contribution is 6.26. The van der Waals surface area contributed by atoms with Crippen LogP contribution in [0.15, 0.2) is 23.3 Å². The predicted molar refractivity (Wildman–Crippen MR) is 199 cm³/mol. The van der Waals surface area contributed by atoms with Crippen LogP contribution in [0.2, 0.25) is 0 Å². The zero-order chi connectivity index (χ0) is 39.3. The van der Waals surface area contributed by atoms with Gasteiger partial charge in [0.1, 0.15) is 29.7 Å². The van der Waals surface area contributed by atoms with E-state index in [2.05, 4.69) is 10.3 Å². The first-order chi connectivity index (χ1) is 24.1. The number of ketones is 1. The van der Waals surface area contributed by atoms with Crippen LogP contribution < -0.4 is 5.32 Å². The molecular weight excluding hydrogens is 668 g/mol. The highest BCUT2D eigenvalue weighted by atomic mass is 16.4. The summed E-state index contributed by atoms with van der Waals surface area (Å²) in [6.07, 6.45) is 0.853. The smallest absolute Gasteiger partial charge is 0.328 e. The third kappa shape index (κ3) is 6.79. The minimum absolute atomic E-state index is 0.0537. The molecule has 0 aliphatic heterocycles. The van der Waals surface area contributed by atoms with Crippen LogP contribution in [0.25, 0.3) is 27.5 Å². The molecule has 0 saturated heterocycles. The van der Waals surface area contributed by atoms with E-state index >= 15 is 0 Å². The van der Waals surface area contributed by atoms with E-state index in [1.807, 2.05) is 13.8 Å². The van der Waals surface area contributed by atoms with Crippen LogP contribution in [-0.4, -0.2) is 77.9 Å². The Morgan fingerprint density at radius 1 is 0.788 bits per heavy atom. The van der Waals surface area contributed by atoms with Gasteiger partial charge in [-0.2, -0.15) is 0 Å². The Kier molecular flexibility index (Phi) is 11.3. The number of aliphatic hydroxyl groups excluding tert-OH is 1. The number of phenols is 4. The summed E-state index contributed by atoms with van der Waals surface area (Å²) in [5.41, 5.74) is 1.82. The maximum atomic E-state index is 13.8. The first-order valence-corrected chi connectivity index (χ1v) is 17.4. The summed E-state index contributed by atoms with van der Waals surface area (Å²) in [7, 11) is 0. The molecule has 0 amide bonds. The van der Waals surface area contributed by atoms with Gasteiger partial charge in [-0.25, -0.2) is 9.59 Å². The summed E-state index contributed by atoms with van der Waals surface area (Å²) in [4.78, 5) is 42.0. The molecule has 0 bridgehead atoms. The number of nitrogens with zero attached hydrogens (tertiary/aromatic N) is 1. The average Bonchev–Trinajstić information content (AvgIpc) is 3.01. The summed E-state index contributed by atoms with van der Waals surface area (Å²) in [5, 5.41) is 81.0. The molecule has 0 fully saturated rings. The minimum Gasteiger partial charge on any atom is -0.507 e. The number of carbonyl (C=O) groups is 3. The highest BCUT2D eigenvalue weighted by Crippen LogP contribution is 2.54. The summed E-state index contributed by atoms with van der Waals surface area (Å²) in [6.45, 7) is 17.4. The number of Topliss-reactive ketones (excluding diaryl/α,β-unsaturated/α-hetero) is 1. The van der Waals surface area contributed by atoms with Gasteiger partial charge in [-0.15, -0.1) is 0 Å². The summed E-state index contributed by atoms with van der Waals surface area (Å²) >= 11 is 0. The molecule has 4 rings (SSSR count). The van der Waals surface area contributed by atoms with Gasteiger partial charge >= 0.3 is 11.9 Å². The lowest BCUT2D eigenvalue weighted by Crippen LogP contribution is -2.40. The molecule has 0 aromatic heterocycles. The maximum absolute atomic E-state index is 13.8. The number of carboxylic acids is 2. The van der Waals surface area contributed by atoms with E-state index in [1.165, 1.54) is 6.20 Å². The molecule has 12 nitrogen and oxygen atoms in total. The molecule has 0 radical (unpaired) electrons. The Balaban J connectivity index is 2.17. The Bertz CT molecular complexity index is 2010. The van der Waals surface area contributed by atoms with Crippen molar-refractivity contribution in [3.05, 3.63) is 51.7 Å². The number of aliphatic hydroxyl groups is 1. The van der Waals surface area contributed by atoms with Gasteiger partial charge in [0.25, 0.3) is 0 Å². The van der Waals surface area contributed by atoms with E-state index in [0.29, 0.717) is 27.6 Å². The standard InChI is InChI=1S/C40H50N2O10/c1-15(2)25-21-11-19(9)27(35(45)29(21)23(33(43)37(25)47)13-41-31(17(5)6)39(49)50)28-20(10)12-22-26(16(3)4)38(48)34(44)24(30(22)36(28)46)14-42-32(18(7)8)40(51)52/h11-18,25,31-32,37,41,44-48H,1-10H3,(H,49,50)(H,51,52)/b23-13-,42-14?. The number of hydrogen-bond donors (Lipinski definition) is 8. The summed E-state index contributed by atoms with van der Waals surface area (Å²) in [6, 6.07) is 1.14. The monoisotopic (exact) mass is 718 g/mol. The first-order valence-electron chi connectivity index (χ1n) is 17.4. The molecule has 0 saturated carbocycles. The van der Waals surface area contributed by atoms with Crippen molar-refractivity contribution >= 4 is 40.3 Å². The topological polar surface area (TPSA) is 217 Å². The van der Waals surface area contributed by atoms with Crippen LogP contribution in [0.4, 0.5) is 0 Å². The largest absolute Gasteiger partial charge is 0.507 e. The normalized spacial score (nSPS) is 18.3. The lowest BCUT2D eigenvalue weighted by Gasteiger charge is -2.35. The van der Waals surface area contributed by atoms with Gasteiger partial charge in [-0.1, -0.05) is 67.5 Å². The Hall–Kier alpha value is -5.10. The summed E-state index contributed by atoms with van der Waals surface area (Å²) < 4.78 is 0. The van der Waals surface area contributed by atoms with E-state index in [1.54, 1.807) is 67.5 Å². The molecule has 3 aromatic rings. The number of carboxylic acid groups (broad SMARTS) is 2. The number of fused-ring (bicyclic) bond motifs is 2. The van der Waals surface area contributed by atoms with Crippen LogP contribution in [0, 0.1) is 31.6 Å². The third-order valence-electron chi connectivity index (χ3n) is 9.96. The average molecular weight is 719 g/mol. The maximum Gasteiger partial charge on any atom is 0.328 e. The van der Waals surface area contributed by atoms with Gasteiger partial charge in [0.15, 0.2) is 17.3 Å². The molecule has 52 heavy (non-hydrogen) atoms. The fraction of sp³-hybridized carbons (Fsp3) is 0.450. The quantitative estimate of drug-likeness (QED) is 0.0623. The first kappa shape index (κ1) is 39.7. The Labute approximate surface area is 303 Å². The van der Waals surface area contributed by atoms with Gasteiger partial charge in [-0.05, 0) is 59.6 Å². The molecule has 0 heterocycles. The van der Waals surface area contributed by atoms with E-state index in [4.69, 9.17) is 0 Å². The second-order valence-corrected chi connectivity index (χ2v) is 15.1. The number of aryl methyl sites for hydroxylation is 2. The number of benzene rings is 3. The lowest BCUT2D eigenvalue weighted by molar-refractivity contribution is -0.140. The molecule has 4 unspecified atom stereocenters. The van der Waals surface area contributed by atoms with Crippen molar-refractivity contribution in [2.75, 3.05) is 0 Å². The van der Waals surface area contributed by atoms with Crippen molar-refractivity contribution in [3.63, 3.8) is 0 Å². The predicted octanol–water partition coefficient (Wildman–Crippen LogP) is 6.32. The minimum atomic E-state index is -1.48. The molecule has 1 aliphatic carbocycles. The van der Waals surface area contributed by atoms with Crippen LogP contribution in [0.5, 0.6) is 23.0 Å². The number of phenolic OH excluding ortho intramolecular Hbond substituents is 4. The number of aliphatic carboxylic acids is 2. The van der Waals surface area contributed by atoms with Gasteiger partial charge in [0, 0.05) is 57.1 Å². The number of hydrogen-bond acceptors (Lipinski definition) is 10. The van der Waals surface area contributed by atoms with E-state index < -0.39 is 70.7 Å². The van der Waals surface area contributed by atoms with Crippen molar-refractivity contribution in [1.82, 2.24) is 5.32 Å². The van der Waals surface area contributed by atoms with Crippen LogP contribution in [0.3, 0.4) is 0 Å². The number of nitrogens with one attached hydrogen (secondary N) is 1. The van der Waals surface area contributed by atoms with Crippen molar-refractivity contribution in [2.24, 2.45) is 22.7 Å². The molecule has 8 N–H and O–H groups in total. The molecule has 12 heteroatoms. The zero-order valence-corrected chi connectivity index (χ0v) is 31.2. The molecule has 3 aromatic carbocycles. The van der Waals surface area contributed by atoms with Crippen LogP contribution >= 0.6 is 0 Å². The zero-order valence-electron chi connectivity index (χ0n) is 31.2. The van der Waals surface area contributed by atoms with Crippen LogP contribution in [-0.2, 0) is 14.4 Å². The molecule has 4 atom stereocenters. The fourth-order valence-electron chi connectivity index (χ4n) is 7.38. The number of carbonyl (C=O) groups excluding carboxylic acids is 1. The van der Waals surface area contributed by atoms with Crippen molar-refractivity contribution in [1.29, 1.82) is 0 Å². The molecular formula is C40H50N2O10. The summed E-state index contributed by atoms with van der Waals surface area (Å²) in [5.74, 6) is -7.03. The highest BCUT2D eigenvalue weighted by Gasteiger charge is 2.42. The second kappa shape index (κ2) is 14.9. The van der Waals surface area contributed by atoms with Gasteiger partial charge in [0.05, 0.1) is 0 Å². The SMILES string of the molecule is Cc1cc2c(c(O)c1-c1c(C)cc3c(C(C)C)c(O)c(O)c(C=NC(C(=O)O)C(C)C)c3c1O)/C(=C/NC(C(=O)O)C(C)C)C(=O)C(O)C2C(C)C. The molecule has 1 aliphatic rings. The Morgan fingerprint density at radius 2 is 1.37 bits per heavy atom. The van der Waals surface area contributed by atoms with E-state index in [9.17, 15) is 50.1 Å². The van der Waals surface area contributed by atoms with Crippen molar-refractivity contribution in [2.45, 2.75) is 99.3 Å². The van der Waals surface area contributed by atoms with Gasteiger partial charge < -0.3 is 41.1 Å². The van der Waals surface area contributed by atoms with Gasteiger partial charge in [0.2, 0.25) is 0 Å². The lowest BCUT2D eigenvalue weighted by atomic mass is 9.70. The second-order valence-electron chi connectivity index (χ2n) is 15.1. The van der Waals surface area contributed by atoms with E-state index in [-0.39, 0.29) is 51.0 Å². The Morgan fingerprint density at radius 3 is 1.87 bits per heavy atom.